The van der Waals surface area contributed by atoms with Gasteiger partial charge in [0.2, 0.25) is 0 Å². The number of methoxy groups -OCH3 is 1. The van der Waals surface area contributed by atoms with Crippen LogP contribution < -0.4 is 5.73 Å². The van der Waals surface area contributed by atoms with Crippen molar-refractivity contribution in [3.8, 4) is 0 Å². The number of esters is 1. The van der Waals surface area contributed by atoms with Gasteiger partial charge in [0.15, 0.2) is 0 Å². The number of carbonyl (C=O) groups is 1. The van der Waals surface area contributed by atoms with Crippen LogP contribution in [0.4, 0.5) is 0 Å². The Morgan fingerprint density at radius 3 is 1.10 bits per heavy atom. The zero-order chi connectivity index (χ0) is 29.6. The van der Waals surface area contributed by atoms with Gasteiger partial charge in [-0.3, -0.25) is 4.79 Å². The number of hydrogen-bond donors (Lipinski definition) is 1. The lowest BCUT2D eigenvalue weighted by molar-refractivity contribution is -0.140. The summed E-state index contributed by atoms with van der Waals surface area (Å²) in [5, 5.41) is 0. The third kappa shape index (κ3) is 41.6. The van der Waals surface area contributed by atoms with Crippen LogP contribution in [0.15, 0.2) is 12.2 Å². The number of hydrogen-bond acceptors (Lipinski definition) is 3. The van der Waals surface area contributed by atoms with Crippen LogP contribution in [-0.4, -0.2) is 19.6 Å². The van der Waals surface area contributed by atoms with Gasteiger partial charge in [-0.05, 0) is 45.1 Å². The molecule has 0 rings (SSSR count). The summed E-state index contributed by atoms with van der Waals surface area (Å²) in [6.07, 6.45) is 44.8. The normalized spacial score (nSPS) is 11.1. The van der Waals surface area contributed by atoms with Crippen LogP contribution in [0.1, 0.15) is 206 Å². The standard InChI is InChI=1S/C19H36O2.C18H39N/c1-3-4-5-6-7-8-9-10-11-12-13-14-15-16-17-18-19(20)21-2;1-2-3-4-5-6-7-8-9-10-11-12-13-14-15-16-17-18-19/h10-11H,3-9,12-18H2,1-2H3;2-19H2,1H3. The smallest absolute Gasteiger partial charge is 0.305 e. The third-order valence-corrected chi connectivity index (χ3v) is 7.93. The van der Waals surface area contributed by atoms with Gasteiger partial charge in [0.1, 0.15) is 0 Å². The first kappa shape index (κ1) is 41.3. The summed E-state index contributed by atoms with van der Waals surface area (Å²) in [5.74, 6) is -0.0763. The Bertz CT molecular complexity index is 461. The van der Waals surface area contributed by atoms with E-state index in [9.17, 15) is 4.79 Å². The minimum absolute atomic E-state index is 0.0763. The second-order valence-corrected chi connectivity index (χ2v) is 12.0. The first-order chi connectivity index (χ1) is 19.7. The van der Waals surface area contributed by atoms with Crippen molar-refractivity contribution in [1.82, 2.24) is 0 Å². The molecule has 0 aliphatic carbocycles. The minimum Gasteiger partial charge on any atom is -0.469 e. The van der Waals surface area contributed by atoms with E-state index < -0.39 is 0 Å². The van der Waals surface area contributed by atoms with Gasteiger partial charge in [-0.1, -0.05) is 174 Å². The molecule has 2 N–H and O–H groups in total. The molecule has 0 bridgehead atoms. The Kier molecular flexibility index (Phi) is 41.6. The predicted octanol–water partition coefficient (Wildman–Crippen LogP) is 12.4. The molecule has 0 aliphatic rings. The van der Waals surface area contributed by atoms with Gasteiger partial charge >= 0.3 is 5.97 Å². The summed E-state index contributed by atoms with van der Waals surface area (Å²) in [6.45, 7) is 5.43. The van der Waals surface area contributed by atoms with E-state index in [0.29, 0.717) is 6.42 Å². The minimum atomic E-state index is -0.0763. The summed E-state index contributed by atoms with van der Waals surface area (Å²) in [6, 6.07) is 0. The molecule has 3 heteroatoms. The molecule has 0 aromatic rings. The van der Waals surface area contributed by atoms with Gasteiger partial charge in [0, 0.05) is 6.42 Å². The fourth-order valence-corrected chi connectivity index (χ4v) is 5.13. The lowest BCUT2D eigenvalue weighted by Gasteiger charge is -2.03. The molecule has 40 heavy (non-hydrogen) atoms. The van der Waals surface area contributed by atoms with Crippen LogP contribution >= 0.6 is 0 Å². The zero-order valence-corrected chi connectivity index (χ0v) is 28.0. The second-order valence-electron chi connectivity index (χ2n) is 12.0. The van der Waals surface area contributed by atoms with Crippen LogP contribution in [0, 0.1) is 0 Å². The molecule has 0 aromatic carbocycles. The quantitative estimate of drug-likeness (QED) is 0.0516. The van der Waals surface area contributed by atoms with Crippen molar-refractivity contribution in [1.29, 1.82) is 0 Å². The summed E-state index contributed by atoms with van der Waals surface area (Å²) in [4.78, 5) is 10.9. The zero-order valence-electron chi connectivity index (χ0n) is 28.0. The van der Waals surface area contributed by atoms with Gasteiger partial charge in [-0.25, -0.2) is 0 Å². The highest BCUT2D eigenvalue weighted by Crippen LogP contribution is 2.14. The molecule has 0 amide bonds. The molecular formula is C37H75NO2. The Hall–Kier alpha value is -0.830. The van der Waals surface area contributed by atoms with E-state index in [4.69, 9.17) is 5.73 Å². The van der Waals surface area contributed by atoms with Crippen molar-refractivity contribution in [2.45, 2.75) is 206 Å². The van der Waals surface area contributed by atoms with E-state index in [-0.39, 0.29) is 5.97 Å². The molecule has 3 nitrogen and oxygen atoms in total. The van der Waals surface area contributed by atoms with Gasteiger partial charge in [-0.2, -0.15) is 0 Å². The maximum atomic E-state index is 10.9. The first-order valence-corrected chi connectivity index (χ1v) is 18.1. The van der Waals surface area contributed by atoms with Crippen LogP contribution in [-0.2, 0) is 9.53 Å². The van der Waals surface area contributed by atoms with Crippen LogP contribution in [0.3, 0.4) is 0 Å². The Morgan fingerprint density at radius 1 is 0.475 bits per heavy atom. The number of unbranched alkanes of at least 4 members (excludes halogenated alkanes) is 26. The van der Waals surface area contributed by atoms with Crippen molar-refractivity contribution in [2.24, 2.45) is 5.73 Å². The van der Waals surface area contributed by atoms with Crippen molar-refractivity contribution < 1.29 is 9.53 Å². The molecule has 0 fully saturated rings. The highest BCUT2D eigenvalue weighted by atomic mass is 16.5. The Labute approximate surface area is 253 Å². The average molecular weight is 566 g/mol. The number of ether oxygens (including phenoxy) is 1. The van der Waals surface area contributed by atoms with E-state index in [0.717, 1.165) is 19.4 Å². The summed E-state index contributed by atoms with van der Waals surface area (Å²) in [5.41, 5.74) is 5.48. The third-order valence-electron chi connectivity index (χ3n) is 7.93. The molecule has 0 radical (unpaired) electrons. The summed E-state index contributed by atoms with van der Waals surface area (Å²) < 4.78 is 4.62. The largest absolute Gasteiger partial charge is 0.469 e. The van der Waals surface area contributed by atoms with Crippen LogP contribution in [0.5, 0.6) is 0 Å². The first-order valence-electron chi connectivity index (χ1n) is 18.1. The van der Waals surface area contributed by atoms with Gasteiger partial charge in [-0.15, -0.1) is 0 Å². The Balaban J connectivity index is 0. The summed E-state index contributed by atoms with van der Waals surface area (Å²) >= 11 is 0. The lowest BCUT2D eigenvalue weighted by atomic mass is 10.0. The van der Waals surface area contributed by atoms with E-state index in [2.05, 4.69) is 30.7 Å². The highest BCUT2D eigenvalue weighted by molar-refractivity contribution is 5.68. The fourth-order valence-electron chi connectivity index (χ4n) is 5.13. The number of nitrogens with two attached hydrogens (primary N) is 1. The van der Waals surface area contributed by atoms with E-state index in [1.807, 2.05) is 0 Å². The number of allylic oxidation sites excluding steroid dienone is 2. The monoisotopic (exact) mass is 566 g/mol. The topological polar surface area (TPSA) is 52.3 Å². The van der Waals surface area contributed by atoms with E-state index in [1.165, 1.54) is 180 Å². The molecule has 0 atom stereocenters. The molecule has 0 unspecified atom stereocenters. The highest BCUT2D eigenvalue weighted by Gasteiger charge is 1.98. The van der Waals surface area contributed by atoms with Crippen LogP contribution in [0.2, 0.25) is 0 Å². The predicted molar refractivity (Wildman–Crippen MR) is 180 cm³/mol. The number of rotatable bonds is 31. The maximum Gasteiger partial charge on any atom is 0.305 e. The lowest BCUT2D eigenvalue weighted by Crippen LogP contribution is -1.98. The molecule has 0 spiro atoms. The van der Waals surface area contributed by atoms with E-state index >= 15 is 0 Å². The molecule has 240 valence electrons. The second kappa shape index (κ2) is 40.3. The molecule has 0 aromatic heterocycles. The number of carbonyl (C=O) groups excluding carboxylic acids is 1. The molecule has 0 heterocycles. The fraction of sp³-hybridized carbons (Fsp3) is 0.919. The van der Waals surface area contributed by atoms with Crippen molar-refractivity contribution in [3.05, 3.63) is 12.2 Å². The van der Waals surface area contributed by atoms with Crippen molar-refractivity contribution in [2.75, 3.05) is 13.7 Å². The van der Waals surface area contributed by atoms with Crippen LogP contribution in [0.25, 0.3) is 0 Å². The van der Waals surface area contributed by atoms with E-state index in [1.54, 1.807) is 0 Å². The molecular weight excluding hydrogens is 490 g/mol. The van der Waals surface area contributed by atoms with Gasteiger partial charge < -0.3 is 10.5 Å². The SMILES string of the molecule is CCCCCCCCC=CCCCCCCCC(=O)OC.CCCCCCCCCCCCCCCCCCN. The molecule has 0 saturated carbocycles. The van der Waals surface area contributed by atoms with Gasteiger partial charge in [0.05, 0.1) is 7.11 Å². The van der Waals surface area contributed by atoms with Crippen molar-refractivity contribution in [3.63, 3.8) is 0 Å². The Morgan fingerprint density at radius 2 is 0.775 bits per heavy atom. The average Bonchev–Trinajstić information content (AvgIpc) is 2.97. The van der Waals surface area contributed by atoms with Gasteiger partial charge in [0.25, 0.3) is 0 Å². The van der Waals surface area contributed by atoms with Crippen molar-refractivity contribution >= 4 is 5.97 Å². The maximum absolute atomic E-state index is 10.9. The molecule has 0 saturated heterocycles. The summed E-state index contributed by atoms with van der Waals surface area (Å²) in [7, 11) is 1.46. The molecule has 0 aliphatic heterocycles.